The van der Waals surface area contributed by atoms with Crippen LogP contribution in [0.2, 0.25) is 0 Å². The minimum absolute atomic E-state index is 0.0191. The average molecular weight is 273 g/mol. The molecule has 1 heterocycles. The number of amides is 1. The summed E-state index contributed by atoms with van der Waals surface area (Å²) in [5, 5.41) is 3.12. The fraction of sp³-hybridized carbons (Fsp3) is 0.588. The molecule has 3 heteroatoms. The monoisotopic (exact) mass is 273 g/mol. The molecule has 0 radical (unpaired) electrons. The van der Waals surface area contributed by atoms with E-state index in [4.69, 9.17) is 4.42 Å². The molecule has 1 N–H and O–H groups in total. The third-order valence-electron chi connectivity index (χ3n) is 4.97. The Morgan fingerprint density at radius 3 is 2.85 bits per heavy atom. The van der Waals surface area contributed by atoms with Gasteiger partial charge in [-0.3, -0.25) is 4.79 Å². The largest absolute Gasteiger partial charge is 0.462 e. The van der Waals surface area contributed by atoms with Crippen molar-refractivity contribution in [1.29, 1.82) is 0 Å². The fourth-order valence-electron chi connectivity index (χ4n) is 3.99. The topological polar surface area (TPSA) is 42.2 Å². The van der Waals surface area contributed by atoms with Crippen LogP contribution in [0, 0.1) is 24.7 Å². The Balaban J connectivity index is 1.52. The molecule has 2 aliphatic carbocycles. The van der Waals surface area contributed by atoms with Gasteiger partial charge in [0, 0.05) is 12.1 Å². The lowest BCUT2D eigenvalue weighted by Crippen LogP contribution is -2.39. The van der Waals surface area contributed by atoms with Gasteiger partial charge in [-0.05, 0) is 69.1 Å². The molecule has 4 atom stereocenters. The van der Waals surface area contributed by atoms with E-state index < -0.39 is 0 Å². The van der Waals surface area contributed by atoms with Gasteiger partial charge in [-0.2, -0.15) is 0 Å². The van der Waals surface area contributed by atoms with Crippen molar-refractivity contribution in [3.8, 4) is 0 Å². The molecule has 20 heavy (non-hydrogen) atoms. The van der Waals surface area contributed by atoms with E-state index >= 15 is 0 Å². The summed E-state index contributed by atoms with van der Waals surface area (Å²) in [5.41, 5.74) is 0. The highest BCUT2D eigenvalue weighted by atomic mass is 16.3. The molecule has 1 aromatic rings. The Labute approximate surface area is 120 Å². The first-order valence-corrected chi connectivity index (χ1v) is 7.67. The van der Waals surface area contributed by atoms with Gasteiger partial charge in [0.25, 0.3) is 0 Å². The van der Waals surface area contributed by atoms with E-state index in [1.165, 1.54) is 25.7 Å². The number of fused-ring (bicyclic) bond motifs is 2. The number of carbonyl (C=O) groups is 1. The van der Waals surface area contributed by atoms with E-state index in [9.17, 15) is 4.79 Å². The number of hydrogen-bond donors (Lipinski definition) is 1. The number of nitrogens with one attached hydrogen (secondary N) is 1. The first kappa shape index (κ1) is 13.5. The third-order valence-corrected chi connectivity index (χ3v) is 4.97. The Morgan fingerprint density at radius 2 is 2.25 bits per heavy atom. The van der Waals surface area contributed by atoms with Crippen molar-refractivity contribution in [3.05, 3.63) is 29.7 Å². The summed E-state index contributed by atoms with van der Waals surface area (Å²) in [6.45, 7) is 4.04. The van der Waals surface area contributed by atoms with Crippen LogP contribution in [0.25, 0.3) is 6.08 Å². The van der Waals surface area contributed by atoms with E-state index in [-0.39, 0.29) is 11.9 Å². The molecule has 1 amide bonds. The standard InChI is InChI=1S/C17H23NO2/c1-11-3-6-15(20-11)7-8-17(19)18-12(2)16-10-13-4-5-14(16)9-13/h3,6-8,12-14,16H,4-5,9-10H2,1-2H3,(H,18,19)/b8-7+. The Kier molecular flexibility index (Phi) is 3.68. The zero-order chi connectivity index (χ0) is 14.1. The summed E-state index contributed by atoms with van der Waals surface area (Å²) < 4.78 is 5.41. The molecule has 2 aliphatic rings. The second kappa shape index (κ2) is 5.47. The molecule has 2 saturated carbocycles. The first-order valence-electron chi connectivity index (χ1n) is 7.67. The number of furan rings is 1. The molecule has 3 nitrogen and oxygen atoms in total. The molecule has 3 rings (SSSR count). The lowest BCUT2D eigenvalue weighted by Gasteiger charge is -2.28. The Bertz CT molecular complexity index is 517. The van der Waals surface area contributed by atoms with Crippen molar-refractivity contribution in [2.24, 2.45) is 17.8 Å². The summed E-state index contributed by atoms with van der Waals surface area (Å²) in [6.07, 6.45) is 8.74. The van der Waals surface area contributed by atoms with Crippen LogP contribution in [0.1, 0.15) is 44.1 Å². The van der Waals surface area contributed by atoms with Crippen LogP contribution in [-0.2, 0) is 4.79 Å². The number of hydrogen-bond acceptors (Lipinski definition) is 2. The Hall–Kier alpha value is -1.51. The van der Waals surface area contributed by atoms with Crippen molar-refractivity contribution >= 4 is 12.0 Å². The van der Waals surface area contributed by atoms with Gasteiger partial charge in [-0.15, -0.1) is 0 Å². The maximum atomic E-state index is 12.0. The van der Waals surface area contributed by atoms with Gasteiger partial charge in [-0.1, -0.05) is 6.42 Å². The van der Waals surface area contributed by atoms with E-state index in [2.05, 4.69) is 12.2 Å². The molecule has 4 unspecified atom stereocenters. The van der Waals surface area contributed by atoms with Crippen molar-refractivity contribution in [3.63, 3.8) is 0 Å². The van der Waals surface area contributed by atoms with Crippen molar-refractivity contribution < 1.29 is 9.21 Å². The number of carbonyl (C=O) groups excluding carboxylic acids is 1. The SMILES string of the molecule is Cc1ccc(/C=C/C(=O)NC(C)C2CC3CCC2C3)o1. The maximum Gasteiger partial charge on any atom is 0.244 e. The zero-order valence-electron chi connectivity index (χ0n) is 12.3. The van der Waals surface area contributed by atoms with Gasteiger partial charge in [-0.25, -0.2) is 0 Å². The second-order valence-corrected chi connectivity index (χ2v) is 6.42. The summed E-state index contributed by atoms with van der Waals surface area (Å²) in [6, 6.07) is 4.05. The minimum atomic E-state index is -0.0191. The molecule has 0 aromatic carbocycles. The summed E-state index contributed by atoms with van der Waals surface area (Å²) >= 11 is 0. The van der Waals surface area contributed by atoms with E-state index in [1.54, 1.807) is 12.2 Å². The quantitative estimate of drug-likeness (QED) is 0.853. The molecule has 0 spiro atoms. The van der Waals surface area contributed by atoms with Gasteiger partial charge < -0.3 is 9.73 Å². The van der Waals surface area contributed by atoms with E-state index in [0.29, 0.717) is 5.92 Å². The van der Waals surface area contributed by atoms with Crippen LogP contribution in [0.15, 0.2) is 22.6 Å². The normalized spacial score (nSPS) is 30.0. The summed E-state index contributed by atoms with van der Waals surface area (Å²) in [7, 11) is 0. The molecule has 108 valence electrons. The third kappa shape index (κ3) is 2.82. The van der Waals surface area contributed by atoms with Gasteiger partial charge in [0.2, 0.25) is 5.91 Å². The van der Waals surface area contributed by atoms with Gasteiger partial charge in [0.15, 0.2) is 0 Å². The van der Waals surface area contributed by atoms with Crippen molar-refractivity contribution in [2.45, 2.75) is 45.6 Å². The van der Waals surface area contributed by atoms with Crippen molar-refractivity contribution in [2.75, 3.05) is 0 Å². The predicted octanol–water partition coefficient (Wildman–Crippen LogP) is 3.54. The number of aryl methyl sites for hydroxylation is 1. The fourth-order valence-corrected chi connectivity index (χ4v) is 3.99. The Morgan fingerprint density at radius 1 is 1.40 bits per heavy atom. The summed E-state index contributed by atoms with van der Waals surface area (Å²) in [5.74, 6) is 4.01. The highest BCUT2D eigenvalue weighted by molar-refractivity contribution is 5.91. The molecule has 0 aliphatic heterocycles. The highest BCUT2D eigenvalue weighted by Crippen LogP contribution is 2.49. The maximum absolute atomic E-state index is 12.0. The predicted molar refractivity (Wildman–Crippen MR) is 79.0 cm³/mol. The zero-order valence-corrected chi connectivity index (χ0v) is 12.3. The highest BCUT2D eigenvalue weighted by Gasteiger charge is 2.41. The van der Waals surface area contributed by atoms with Crippen LogP contribution < -0.4 is 5.32 Å². The average Bonchev–Trinajstić information content (AvgIpc) is 3.12. The van der Waals surface area contributed by atoms with Gasteiger partial charge in [0.05, 0.1) is 0 Å². The van der Waals surface area contributed by atoms with Crippen LogP contribution in [-0.4, -0.2) is 11.9 Å². The van der Waals surface area contributed by atoms with Crippen LogP contribution in [0.5, 0.6) is 0 Å². The first-order chi connectivity index (χ1) is 9.61. The van der Waals surface area contributed by atoms with Crippen molar-refractivity contribution in [1.82, 2.24) is 5.32 Å². The number of rotatable bonds is 4. The molecular weight excluding hydrogens is 250 g/mol. The van der Waals surface area contributed by atoms with Crippen LogP contribution >= 0.6 is 0 Å². The van der Waals surface area contributed by atoms with E-state index in [1.807, 2.05) is 19.1 Å². The minimum Gasteiger partial charge on any atom is -0.462 e. The smallest absolute Gasteiger partial charge is 0.244 e. The molecule has 2 fully saturated rings. The van der Waals surface area contributed by atoms with Crippen LogP contribution in [0.3, 0.4) is 0 Å². The van der Waals surface area contributed by atoms with Crippen LogP contribution in [0.4, 0.5) is 0 Å². The molecule has 0 saturated heterocycles. The molecule has 1 aromatic heterocycles. The van der Waals surface area contributed by atoms with Gasteiger partial charge in [0.1, 0.15) is 11.5 Å². The molecular formula is C17H23NO2. The lowest BCUT2D eigenvalue weighted by molar-refractivity contribution is -0.117. The van der Waals surface area contributed by atoms with Gasteiger partial charge >= 0.3 is 0 Å². The lowest BCUT2D eigenvalue weighted by atomic mass is 9.84. The second-order valence-electron chi connectivity index (χ2n) is 6.42. The van der Waals surface area contributed by atoms with E-state index in [0.717, 1.165) is 23.4 Å². The summed E-state index contributed by atoms with van der Waals surface area (Å²) in [4.78, 5) is 12.0. The molecule has 2 bridgehead atoms.